The second kappa shape index (κ2) is 4.16. The first-order chi connectivity index (χ1) is 9.15. The second-order valence-corrected chi connectivity index (χ2v) is 3.71. The lowest BCUT2D eigenvalue weighted by Crippen LogP contribution is -1.95. The van der Waals surface area contributed by atoms with Crippen LogP contribution in [0.25, 0.3) is 23.1 Å². The molecule has 1 aromatic carbocycles. The van der Waals surface area contributed by atoms with Gasteiger partial charge in [0, 0.05) is 24.1 Å². The molecule has 0 atom stereocenters. The van der Waals surface area contributed by atoms with Crippen LogP contribution in [0.4, 0.5) is 14.5 Å². The summed E-state index contributed by atoms with van der Waals surface area (Å²) in [5, 5.41) is 3.68. The number of imidazole rings is 1. The van der Waals surface area contributed by atoms with Crippen molar-refractivity contribution < 1.29 is 13.3 Å². The minimum Gasteiger partial charge on any atom is -0.398 e. The van der Waals surface area contributed by atoms with Crippen molar-refractivity contribution in [1.29, 1.82) is 0 Å². The van der Waals surface area contributed by atoms with Gasteiger partial charge in [-0.1, -0.05) is 5.16 Å². The number of rotatable bonds is 2. The van der Waals surface area contributed by atoms with E-state index in [1.54, 1.807) is 6.20 Å². The molecule has 8 heteroatoms. The molecule has 3 rings (SSSR count). The van der Waals surface area contributed by atoms with Crippen LogP contribution in [-0.2, 0) is 0 Å². The van der Waals surface area contributed by atoms with E-state index in [0.29, 0.717) is 5.82 Å². The molecule has 19 heavy (non-hydrogen) atoms. The van der Waals surface area contributed by atoms with Gasteiger partial charge in [-0.15, -0.1) is 0 Å². The van der Waals surface area contributed by atoms with Gasteiger partial charge in [-0.25, -0.2) is 13.8 Å². The van der Waals surface area contributed by atoms with Crippen LogP contribution in [0, 0.1) is 11.6 Å². The first kappa shape index (κ1) is 11.3. The molecule has 0 spiro atoms. The van der Waals surface area contributed by atoms with Gasteiger partial charge in [0.2, 0.25) is 5.82 Å². The lowest BCUT2D eigenvalue weighted by molar-refractivity contribution is 0.431. The third-order valence-corrected chi connectivity index (χ3v) is 2.46. The number of H-pyrrole nitrogens is 1. The maximum Gasteiger partial charge on any atom is 0.260 e. The van der Waals surface area contributed by atoms with Crippen molar-refractivity contribution in [2.45, 2.75) is 0 Å². The Bertz CT molecular complexity index is 723. The molecule has 0 saturated heterocycles. The van der Waals surface area contributed by atoms with Crippen LogP contribution >= 0.6 is 0 Å². The molecule has 3 aromatic rings. The van der Waals surface area contributed by atoms with Crippen LogP contribution in [0.1, 0.15) is 0 Å². The lowest BCUT2D eigenvalue weighted by Gasteiger charge is -2.01. The van der Waals surface area contributed by atoms with Gasteiger partial charge < -0.3 is 15.2 Å². The van der Waals surface area contributed by atoms with Crippen molar-refractivity contribution in [3.8, 4) is 23.1 Å². The van der Waals surface area contributed by atoms with Gasteiger partial charge in [0.15, 0.2) is 17.5 Å². The van der Waals surface area contributed by atoms with E-state index in [2.05, 4.69) is 20.1 Å². The monoisotopic (exact) mass is 263 g/mol. The van der Waals surface area contributed by atoms with E-state index in [-0.39, 0.29) is 23.0 Å². The summed E-state index contributed by atoms with van der Waals surface area (Å²) in [6.07, 6.45) is 3.12. The van der Waals surface area contributed by atoms with E-state index in [1.165, 1.54) is 6.20 Å². The summed E-state index contributed by atoms with van der Waals surface area (Å²) in [7, 11) is 0. The highest BCUT2D eigenvalue weighted by Gasteiger charge is 2.17. The Kier molecular flexibility index (Phi) is 2.48. The Hall–Kier alpha value is -2.77. The average molecular weight is 263 g/mol. The number of aromatic amines is 1. The van der Waals surface area contributed by atoms with Gasteiger partial charge in [-0.2, -0.15) is 4.98 Å². The summed E-state index contributed by atoms with van der Waals surface area (Å²) in [5.41, 5.74) is 5.73. The summed E-state index contributed by atoms with van der Waals surface area (Å²) < 4.78 is 31.1. The first-order valence-corrected chi connectivity index (χ1v) is 5.23. The molecule has 0 aliphatic heterocycles. The Labute approximate surface area is 105 Å². The third kappa shape index (κ3) is 1.92. The zero-order valence-corrected chi connectivity index (χ0v) is 9.39. The van der Waals surface area contributed by atoms with Crippen molar-refractivity contribution in [3.63, 3.8) is 0 Å². The zero-order valence-electron chi connectivity index (χ0n) is 9.39. The smallest absolute Gasteiger partial charge is 0.260 e. The van der Waals surface area contributed by atoms with E-state index < -0.39 is 11.6 Å². The molecule has 0 bridgehead atoms. The predicted octanol–water partition coefficient (Wildman–Crippen LogP) is 1.99. The van der Waals surface area contributed by atoms with Gasteiger partial charge in [-0.3, -0.25) is 0 Å². The number of benzene rings is 1. The second-order valence-electron chi connectivity index (χ2n) is 3.71. The minimum absolute atomic E-state index is 0.00791. The molecule has 2 heterocycles. The summed E-state index contributed by atoms with van der Waals surface area (Å²) in [6, 6.07) is 1.77. The van der Waals surface area contributed by atoms with Crippen LogP contribution in [0.3, 0.4) is 0 Å². The average Bonchev–Trinajstić information content (AvgIpc) is 3.03. The van der Waals surface area contributed by atoms with Gasteiger partial charge in [0.25, 0.3) is 5.89 Å². The topological polar surface area (TPSA) is 93.6 Å². The molecular weight excluding hydrogens is 256 g/mol. The molecule has 2 aromatic heterocycles. The van der Waals surface area contributed by atoms with Crippen molar-refractivity contribution in [2.24, 2.45) is 0 Å². The van der Waals surface area contributed by atoms with Gasteiger partial charge in [0.1, 0.15) is 0 Å². The number of anilines is 1. The van der Waals surface area contributed by atoms with E-state index >= 15 is 0 Å². The molecule has 96 valence electrons. The fourth-order valence-electron chi connectivity index (χ4n) is 1.56. The Morgan fingerprint density at radius 1 is 1.21 bits per heavy atom. The van der Waals surface area contributed by atoms with Crippen molar-refractivity contribution >= 4 is 5.69 Å². The number of nitrogens with zero attached hydrogens (tertiary/aromatic N) is 3. The van der Waals surface area contributed by atoms with Crippen LogP contribution < -0.4 is 5.73 Å². The number of nitrogens with two attached hydrogens (primary N) is 1. The fourth-order valence-corrected chi connectivity index (χ4v) is 1.56. The SMILES string of the molecule is Nc1cc(F)c(F)cc1-c1nc(-c2ncc[nH]2)no1. The normalized spacial score (nSPS) is 10.8. The summed E-state index contributed by atoms with van der Waals surface area (Å²) in [4.78, 5) is 10.7. The third-order valence-electron chi connectivity index (χ3n) is 2.46. The molecular formula is C11H7F2N5O. The Balaban J connectivity index is 2.06. The molecule has 0 aliphatic rings. The highest BCUT2D eigenvalue weighted by Crippen LogP contribution is 2.27. The number of nitrogen functional groups attached to an aromatic ring is 1. The first-order valence-electron chi connectivity index (χ1n) is 5.23. The Morgan fingerprint density at radius 2 is 2.00 bits per heavy atom. The Morgan fingerprint density at radius 3 is 2.74 bits per heavy atom. The molecule has 6 nitrogen and oxygen atoms in total. The molecule has 0 unspecified atom stereocenters. The summed E-state index contributed by atoms with van der Waals surface area (Å²) >= 11 is 0. The number of nitrogens with one attached hydrogen (secondary N) is 1. The van der Waals surface area contributed by atoms with Crippen LogP contribution in [-0.4, -0.2) is 20.1 Å². The largest absolute Gasteiger partial charge is 0.398 e. The van der Waals surface area contributed by atoms with Gasteiger partial charge in [0.05, 0.1) is 5.56 Å². The lowest BCUT2D eigenvalue weighted by atomic mass is 10.1. The molecule has 0 fully saturated rings. The van der Waals surface area contributed by atoms with Crippen LogP contribution in [0.2, 0.25) is 0 Å². The highest BCUT2D eigenvalue weighted by molar-refractivity contribution is 5.71. The number of hydrogen-bond acceptors (Lipinski definition) is 5. The summed E-state index contributed by atoms with van der Waals surface area (Å²) in [5.74, 6) is -1.49. The fraction of sp³-hybridized carbons (Fsp3) is 0. The van der Waals surface area contributed by atoms with Gasteiger partial charge in [-0.05, 0) is 6.07 Å². The molecule has 0 radical (unpaired) electrons. The number of hydrogen-bond donors (Lipinski definition) is 2. The van der Waals surface area contributed by atoms with Gasteiger partial charge >= 0.3 is 0 Å². The number of aromatic nitrogens is 4. The van der Waals surface area contributed by atoms with E-state index in [0.717, 1.165) is 12.1 Å². The van der Waals surface area contributed by atoms with E-state index in [1.807, 2.05) is 0 Å². The van der Waals surface area contributed by atoms with Crippen molar-refractivity contribution in [2.75, 3.05) is 5.73 Å². The summed E-state index contributed by atoms with van der Waals surface area (Å²) in [6.45, 7) is 0. The predicted molar refractivity (Wildman–Crippen MR) is 61.6 cm³/mol. The minimum atomic E-state index is -1.04. The standard InChI is InChI=1S/C11H7F2N5O/c12-6-3-5(8(14)4-7(6)13)11-17-10(18-19-11)9-15-1-2-16-9/h1-4H,14H2,(H,15,16). The molecule has 3 N–H and O–H groups in total. The zero-order chi connectivity index (χ0) is 13.4. The molecule has 0 aliphatic carbocycles. The van der Waals surface area contributed by atoms with Crippen molar-refractivity contribution in [3.05, 3.63) is 36.2 Å². The van der Waals surface area contributed by atoms with Crippen molar-refractivity contribution in [1.82, 2.24) is 20.1 Å². The molecule has 0 saturated carbocycles. The maximum absolute atomic E-state index is 13.2. The number of halogens is 2. The van der Waals surface area contributed by atoms with Crippen LogP contribution in [0.15, 0.2) is 29.0 Å². The maximum atomic E-state index is 13.2. The van der Waals surface area contributed by atoms with E-state index in [9.17, 15) is 8.78 Å². The van der Waals surface area contributed by atoms with Crippen LogP contribution in [0.5, 0.6) is 0 Å². The quantitative estimate of drug-likeness (QED) is 0.689. The molecule has 0 amide bonds. The highest BCUT2D eigenvalue weighted by atomic mass is 19.2. The van der Waals surface area contributed by atoms with E-state index in [4.69, 9.17) is 10.3 Å².